The highest BCUT2D eigenvalue weighted by atomic mass is 31.2. The summed E-state index contributed by atoms with van der Waals surface area (Å²) in [6.45, 7) is 4.17. The Morgan fingerprint density at radius 2 is 0.645 bits per heavy atom. The largest absolute Gasteiger partial charge is 0.472 e. The highest BCUT2D eigenvalue weighted by molar-refractivity contribution is 7.47. The van der Waals surface area contributed by atoms with Crippen LogP contribution in [0.2, 0.25) is 0 Å². The molecule has 0 aliphatic carbocycles. The quantitative estimate of drug-likeness (QED) is 0.0197. The van der Waals surface area contributed by atoms with Gasteiger partial charge >= 0.3 is 25.7 Å². The van der Waals surface area contributed by atoms with E-state index in [4.69, 9.17) is 23.3 Å². The fraction of sp³-hybridized carbons (Fsp3) is 0.578. The number of allylic oxidation sites excluding steroid dienone is 24. The van der Waals surface area contributed by atoms with Crippen molar-refractivity contribution in [2.75, 3.05) is 26.4 Å². The summed E-state index contributed by atoms with van der Waals surface area (Å²) >= 11 is 0. The van der Waals surface area contributed by atoms with Crippen LogP contribution >= 0.6 is 7.82 Å². The van der Waals surface area contributed by atoms with E-state index in [2.05, 4.69) is 167 Å². The van der Waals surface area contributed by atoms with Gasteiger partial charge in [0.25, 0.3) is 0 Å². The van der Waals surface area contributed by atoms with Crippen LogP contribution in [0.1, 0.15) is 201 Å². The number of aliphatic hydroxyl groups is 1. The zero-order valence-electron chi connectivity index (χ0n) is 47.2. The SMILES string of the molecule is CC/C=C\C/C=C\C/C=C\C/C=C\C/C=C\CCCCCC(=O)OC(COC(=O)CCCC/C=C\C/C=C\C/C=C\C/C=C\CC)COP(=O)(O)OCC(CO)OC(=O)CCCCCCC/C=C\C/C=C\C/C=C\CC. The van der Waals surface area contributed by atoms with Gasteiger partial charge < -0.3 is 24.2 Å². The number of carbonyl (C=O) groups excluding carboxylic acids is 3. The summed E-state index contributed by atoms with van der Waals surface area (Å²) < 4.78 is 39.4. The van der Waals surface area contributed by atoms with Crippen molar-refractivity contribution >= 4 is 25.7 Å². The molecule has 0 bridgehead atoms. The van der Waals surface area contributed by atoms with Gasteiger partial charge in [-0.15, -0.1) is 0 Å². The van der Waals surface area contributed by atoms with Gasteiger partial charge in [-0.1, -0.05) is 192 Å². The van der Waals surface area contributed by atoms with Crippen LogP contribution in [0.25, 0.3) is 0 Å². The van der Waals surface area contributed by atoms with Crippen molar-refractivity contribution in [1.82, 2.24) is 0 Å². The van der Waals surface area contributed by atoms with Crippen LogP contribution in [0.4, 0.5) is 0 Å². The lowest BCUT2D eigenvalue weighted by Crippen LogP contribution is -2.30. The molecule has 0 aromatic carbocycles. The van der Waals surface area contributed by atoms with Gasteiger partial charge in [0.2, 0.25) is 0 Å². The molecular weight excluding hydrogens is 976 g/mol. The first-order chi connectivity index (χ1) is 37.2. The Hall–Kier alpha value is -4.64. The molecule has 0 heterocycles. The zero-order valence-corrected chi connectivity index (χ0v) is 48.0. The van der Waals surface area contributed by atoms with Gasteiger partial charge in [-0.2, -0.15) is 0 Å². The predicted octanol–water partition coefficient (Wildman–Crippen LogP) is 17.1. The first-order valence-electron chi connectivity index (χ1n) is 28.7. The highest BCUT2D eigenvalue weighted by Crippen LogP contribution is 2.43. The van der Waals surface area contributed by atoms with E-state index in [9.17, 15) is 28.9 Å². The van der Waals surface area contributed by atoms with Crippen molar-refractivity contribution in [3.63, 3.8) is 0 Å². The molecule has 0 aliphatic rings. The predicted molar refractivity (Wildman–Crippen MR) is 316 cm³/mol. The number of ether oxygens (including phenoxy) is 3. The monoisotopic (exact) mass is 1080 g/mol. The first-order valence-corrected chi connectivity index (χ1v) is 30.2. The molecule has 3 atom stereocenters. The third-order valence-electron chi connectivity index (χ3n) is 11.2. The van der Waals surface area contributed by atoms with Crippen molar-refractivity contribution < 1.29 is 52.2 Å². The number of phosphoric acid groups is 1. The van der Waals surface area contributed by atoms with Gasteiger partial charge in [0.15, 0.2) is 6.10 Å². The van der Waals surface area contributed by atoms with E-state index >= 15 is 0 Å². The maximum absolute atomic E-state index is 12.9. The maximum Gasteiger partial charge on any atom is 0.472 e. The average molecular weight is 1080 g/mol. The Bertz CT molecular complexity index is 1830. The van der Waals surface area contributed by atoms with Crippen LogP contribution in [0, 0.1) is 0 Å². The van der Waals surface area contributed by atoms with E-state index in [1.54, 1.807) is 0 Å². The minimum absolute atomic E-state index is 0.109. The average Bonchev–Trinajstić information content (AvgIpc) is 3.41. The number of hydrogen-bond donors (Lipinski definition) is 2. The van der Waals surface area contributed by atoms with Gasteiger partial charge in [0.05, 0.1) is 19.8 Å². The fourth-order valence-corrected chi connectivity index (χ4v) is 7.76. The molecule has 12 heteroatoms. The number of aliphatic hydroxyl groups excluding tert-OH is 1. The second-order valence-electron chi connectivity index (χ2n) is 18.3. The van der Waals surface area contributed by atoms with Crippen LogP contribution in [0.5, 0.6) is 0 Å². The molecule has 428 valence electrons. The molecule has 0 fully saturated rings. The maximum atomic E-state index is 12.9. The molecule has 76 heavy (non-hydrogen) atoms. The fourth-order valence-electron chi connectivity index (χ4n) is 6.97. The second kappa shape index (κ2) is 56.6. The number of rotatable bonds is 51. The minimum Gasteiger partial charge on any atom is -0.462 e. The third kappa shape index (κ3) is 54.2. The second-order valence-corrected chi connectivity index (χ2v) is 19.8. The van der Waals surface area contributed by atoms with Gasteiger partial charge in [-0.05, 0) is 135 Å². The van der Waals surface area contributed by atoms with Crippen LogP contribution in [0.15, 0.2) is 146 Å². The number of carbonyl (C=O) groups is 3. The van der Waals surface area contributed by atoms with Crippen LogP contribution in [0.3, 0.4) is 0 Å². The number of hydrogen-bond acceptors (Lipinski definition) is 10. The van der Waals surface area contributed by atoms with Crippen molar-refractivity contribution in [2.45, 2.75) is 213 Å². The normalized spacial score (nSPS) is 14.4. The number of phosphoric ester groups is 1. The smallest absolute Gasteiger partial charge is 0.462 e. The number of unbranched alkanes of at least 4 members (excludes halogenated alkanes) is 10. The minimum atomic E-state index is -4.78. The summed E-state index contributed by atoms with van der Waals surface area (Å²) in [6, 6.07) is 0. The Morgan fingerprint density at radius 3 is 1.03 bits per heavy atom. The van der Waals surface area contributed by atoms with Crippen molar-refractivity contribution in [3.05, 3.63) is 146 Å². The van der Waals surface area contributed by atoms with E-state index in [0.717, 1.165) is 141 Å². The molecule has 0 aromatic heterocycles. The summed E-state index contributed by atoms with van der Waals surface area (Å²) in [5.74, 6) is -1.59. The topological polar surface area (TPSA) is 155 Å². The summed E-state index contributed by atoms with van der Waals surface area (Å²) in [4.78, 5) is 48.5. The standard InChI is InChI=1S/C64H101O11P/c1-4-7-10-13-16-19-22-25-28-29-30-31-34-37-40-43-46-49-52-55-64(68)75-61(57-71-62(66)53-50-47-44-41-38-35-32-26-23-20-17-14-11-8-5-2)59-73-76(69,70)72-58-60(56-65)74-63(67)54-51-48-45-42-39-36-33-27-24-21-18-15-12-9-6-3/h7-12,16-21,25-28,30-33,37-38,40-41,60-61,65H,4-6,13-15,22-24,29,34-36,39,42-59H2,1-3H3,(H,69,70)/b10-7-,11-8-,12-9-,19-16-,20-17-,21-18-,28-25-,31-30-,32-26-,33-27-,40-37-,41-38-. The molecule has 0 saturated carbocycles. The Balaban J connectivity index is 4.88. The summed E-state index contributed by atoms with van der Waals surface area (Å²) in [5.41, 5.74) is 0. The van der Waals surface area contributed by atoms with Crippen molar-refractivity contribution in [1.29, 1.82) is 0 Å². The molecule has 0 rings (SSSR count). The van der Waals surface area contributed by atoms with Crippen molar-refractivity contribution in [2.24, 2.45) is 0 Å². The Labute approximate surface area is 461 Å². The molecule has 0 radical (unpaired) electrons. The lowest BCUT2D eigenvalue weighted by atomic mass is 10.1. The van der Waals surface area contributed by atoms with E-state index in [1.165, 1.54) is 0 Å². The molecule has 11 nitrogen and oxygen atoms in total. The van der Waals surface area contributed by atoms with Gasteiger partial charge in [0, 0.05) is 19.3 Å². The molecule has 0 aliphatic heterocycles. The van der Waals surface area contributed by atoms with Crippen LogP contribution in [-0.2, 0) is 42.2 Å². The van der Waals surface area contributed by atoms with Crippen LogP contribution < -0.4 is 0 Å². The molecule has 0 amide bonds. The van der Waals surface area contributed by atoms with E-state index in [-0.39, 0.29) is 25.9 Å². The first kappa shape index (κ1) is 71.4. The van der Waals surface area contributed by atoms with Crippen LogP contribution in [-0.4, -0.2) is 66.5 Å². The Kier molecular flexibility index (Phi) is 53.1. The molecule has 0 saturated heterocycles. The number of esters is 3. The lowest BCUT2D eigenvalue weighted by Gasteiger charge is -2.21. The molecule has 3 unspecified atom stereocenters. The third-order valence-corrected chi connectivity index (χ3v) is 12.2. The molecule has 0 aromatic rings. The summed E-state index contributed by atoms with van der Waals surface area (Å²) in [7, 11) is -4.78. The lowest BCUT2D eigenvalue weighted by molar-refractivity contribution is -0.161. The van der Waals surface area contributed by atoms with E-state index in [1.807, 2.05) is 0 Å². The Morgan fingerprint density at radius 1 is 0.368 bits per heavy atom. The van der Waals surface area contributed by atoms with Gasteiger partial charge in [-0.25, -0.2) is 4.57 Å². The van der Waals surface area contributed by atoms with E-state index < -0.39 is 57.8 Å². The molecule has 0 spiro atoms. The van der Waals surface area contributed by atoms with Gasteiger partial charge in [-0.3, -0.25) is 23.4 Å². The molecular formula is C64H101O11P. The molecule has 2 N–H and O–H groups in total. The highest BCUT2D eigenvalue weighted by Gasteiger charge is 2.28. The van der Waals surface area contributed by atoms with Gasteiger partial charge in [0.1, 0.15) is 12.7 Å². The summed E-state index contributed by atoms with van der Waals surface area (Å²) in [5, 5.41) is 9.82. The van der Waals surface area contributed by atoms with Crippen molar-refractivity contribution in [3.8, 4) is 0 Å². The zero-order chi connectivity index (χ0) is 55.5. The summed E-state index contributed by atoms with van der Waals surface area (Å²) in [6.07, 6.45) is 72.4. The van der Waals surface area contributed by atoms with E-state index in [0.29, 0.717) is 19.3 Å².